The summed E-state index contributed by atoms with van der Waals surface area (Å²) in [6.45, 7) is 4.35. The van der Waals surface area contributed by atoms with E-state index in [9.17, 15) is 0 Å². The van der Waals surface area contributed by atoms with Crippen molar-refractivity contribution in [1.29, 1.82) is 0 Å². The van der Waals surface area contributed by atoms with Crippen LogP contribution in [0, 0.1) is 6.92 Å². The lowest BCUT2D eigenvalue weighted by atomic mass is 10.1. The Hall–Kier alpha value is -2.73. The Morgan fingerprint density at radius 2 is 2.04 bits per heavy atom. The molecule has 0 aliphatic carbocycles. The van der Waals surface area contributed by atoms with E-state index in [1.807, 2.05) is 37.4 Å². The number of fused-ring (bicyclic) bond motifs is 1. The van der Waals surface area contributed by atoms with E-state index < -0.39 is 0 Å². The lowest BCUT2D eigenvalue weighted by molar-refractivity contribution is 0.305. The first kappa shape index (κ1) is 16.7. The Morgan fingerprint density at radius 3 is 2.85 bits per heavy atom. The largest absolute Gasteiger partial charge is 0.489 e. The maximum Gasteiger partial charge on any atom is 0.133 e. The number of ether oxygens (including phenoxy) is 1. The molecule has 1 N–H and O–H groups in total. The highest BCUT2D eigenvalue weighted by molar-refractivity contribution is 5.27. The third-order valence-electron chi connectivity index (χ3n) is 4.78. The van der Waals surface area contributed by atoms with Crippen molar-refractivity contribution < 1.29 is 4.74 Å². The monoisotopic (exact) mass is 349 g/mol. The fourth-order valence-electron chi connectivity index (χ4n) is 3.24. The molecule has 0 fully saturated rings. The van der Waals surface area contributed by atoms with Crippen molar-refractivity contribution in [3.8, 4) is 5.75 Å². The van der Waals surface area contributed by atoms with Gasteiger partial charge in [-0.3, -0.25) is 4.98 Å². The zero-order chi connectivity index (χ0) is 17.8. The van der Waals surface area contributed by atoms with E-state index in [4.69, 9.17) is 4.74 Å². The molecule has 2 aromatic heterocycles. The predicted molar refractivity (Wildman–Crippen MR) is 98.7 cm³/mol. The zero-order valence-electron chi connectivity index (χ0n) is 14.9. The van der Waals surface area contributed by atoms with Crippen LogP contribution in [0.1, 0.15) is 29.2 Å². The van der Waals surface area contributed by atoms with Crippen LogP contribution in [0.2, 0.25) is 0 Å². The van der Waals surface area contributed by atoms with Crippen molar-refractivity contribution >= 4 is 0 Å². The van der Waals surface area contributed by atoms with Crippen LogP contribution in [0.5, 0.6) is 5.75 Å². The van der Waals surface area contributed by atoms with Gasteiger partial charge in [0.05, 0.1) is 0 Å². The Bertz CT molecular complexity index is 844. The number of benzene rings is 1. The smallest absolute Gasteiger partial charge is 0.133 e. The number of pyridine rings is 1. The molecular formula is C20H23N5O. The second kappa shape index (κ2) is 7.66. The Balaban J connectivity index is 1.27. The Labute approximate surface area is 153 Å². The highest BCUT2D eigenvalue weighted by Crippen LogP contribution is 2.17. The van der Waals surface area contributed by atoms with Crippen molar-refractivity contribution in [3.05, 3.63) is 71.6 Å². The lowest BCUT2D eigenvalue weighted by Crippen LogP contribution is -2.37. The summed E-state index contributed by atoms with van der Waals surface area (Å²) in [5.41, 5.74) is 2.32. The molecule has 0 saturated carbocycles. The van der Waals surface area contributed by atoms with Gasteiger partial charge in [0.15, 0.2) is 0 Å². The molecule has 1 aromatic carbocycles. The third-order valence-corrected chi connectivity index (χ3v) is 4.78. The van der Waals surface area contributed by atoms with Gasteiger partial charge in [-0.1, -0.05) is 18.2 Å². The van der Waals surface area contributed by atoms with Crippen molar-refractivity contribution in [2.75, 3.05) is 0 Å². The maximum atomic E-state index is 5.81. The number of hydrogen-bond donors (Lipinski definition) is 1. The number of aromatic nitrogens is 4. The second-order valence-corrected chi connectivity index (χ2v) is 6.68. The molecule has 26 heavy (non-hydrogen) atoms. The number of hydrogen-bond acceptors (Lipinski definition) is 5. The Kier molecular flexibility index (Phi) is 4.93. The first-order valence-electron chi connectivity index (χ1n) is 9.00. The molecule has 1 unspecified atom stereocenters. The summed E-state index contributed by atoms with van der Waals surface area (Å²) in [7, 11) is 0. The number of nitrogens with zero attached hydrogens (tertiary/aromatic N) is 4. The lowest BCUT2D eigenvalue weighted by Gasteiger charge is -2.25. The minimum atomic E-state index is 0.457. The molecule has 0 radical (unpaired) electrons. The van der Waals surface area contributed by atoms with Gasteiger partial charge in [0, 0.05) is 43.5 Å². The van der Waals surface area contributed by atoms with Gasteiger partial charge in [0.2, 0.25) is 0 Å². The number of aryl methyl sites for hydroxylation is 2. The van der Waals surface area contributed by atoms with Gasteiger partial charge in [-0.25, -0.2) is 0 Å². The number of rotatable bonds is 6. The van der Waals surface area contributed by atoms with Gasteiger partial charge in [-0.05, 0) is 37.1 Å². The highest BCUT2D eigenvalue weighted by Gasteiger charge is 2.20. The molecule has 3 aromatic rings. The molecule has 0 bridgehead atoms. The first-order valence-corrected chi connectivity index (χ1v) is 9.00. The summed E-state index contributed by atoms with van der Waals surface area (Å²) in [6.07, 6.45) is 5.68. The van der Waals surface area contributed by atoms with Crippen molar-refractivity contribution in [1.82, 2.24) is 25.1 Å². The van der Waals surface area contributed by atoms with Gasteiger partial charge >= 0.3 is 0 Å². The molecule has 1 atom stereocenters. The van der Waals surface area contributed by atoms with Crippen molar-refractivity contribution in [3.63, 3.8) is 0 Å². The standard InChI is InChI=1S/C20H23N5O/c1-15-23-24-20-9-6-18(13-25(15)20)22-12-16-4-7-19(8-5-16)26-14-17-3-2-10-21-11-17/h2-5,7-8,10-11,18,22H,6,9,12-14H2,1H3. The summed E-state index contributed by atoms with van der Waals surface area (Å²) >= 11 is 0. The van der Waals surface area contributed by atoms with Gasteiger partial charge in [-0.2, -0.15) is 0 Å². The average Bonchev–Trinajstić information content (AvgIpc) is 3.07. The molecule has 0 amide bonds. The van der Waals surface area contributed by atoms with Crippen LogP contribution in [0.3, 0.4) is 0 Å². The van der Waals surface area contributed by atoms with Crippen LogP contribution in [0.15, 0.2) is 48.8 Å². The van der Waals surface area contributed by atoms with E-state index in [1.165, 1.54) is 5.56 Å². The van der Waals surface area contributed by atoms with Crippen LogP contribution in [0.4, 0.5) is 0 Å². The van der Waals surface area contributed by atoms with E-state index in [0.717, 1.165) is 48.9 Å². The van der Waals surface area contributed by atoms with Gasteiger partial charge in [0.25, 0.3) is 0 Å². The van der Waals surface area contributed by atoms with Crippen LogP contribution in [-0.2, 0) is 26.1 Å². The molecule has 1 aliphatic rings. The summed E-state index contributed by atoms with van der Waals surface area (Å²) < 4.78 is 8.03. The van der Waals surface area contributed by atoms with E-state index in [1.54, 1.807) is 6.20 Å². The van der Waals surface area contributed by atoms with Crippen molar-refractivity contribution in [2.45, 2.75) is 45.5 Å². The van der Waals surface area contributed by atoms with Crippen LogP contribution in [-0.4, -0.2) is 25.8 Å². The molecule has 6 heteroatoms. The average molecular weight is 349 g/mol. The van der Waals surface area contributed by atoms with Crippen LogP contribution in [0.25, 0.3) is 0 Å². The third kappa shape index (κ3) is 3.91. The predicted octanol–water partition coefficient (Wildman–Crippen LogP) is 2.67. The fourth-order valence-corrected chi connectivity index (χ4v) is 3.24. The van der Waals surface area contributed by atoms with Gasteiger partial charge in [-0.15, -0.1) is 10.2 Å². The van der Waals surface area contributed by atoms with Gasteiger partial charge < -0.3 is 14.6 Å². The minimum Gasteiger partial charge on any atom is -0.489 e. The molecule has 0 saturated heterocycles. The molecular weight excluding hydrogens is 326 g/mol. The first-order chi connectivity index (χ1) is 12.8. The van der Waals surface area contributed by atoms with Crippen LogP contribution >= 0.6 is 0 Å². The summed E-state index contributed by atoms with van der Waals surface area (Å²) in [5, 5.41) is 12.0. The second-order valence-electron chi connectivity index (χ2n) is 6.68. The maximum absolute atomic E-state index is 5.81. The molecule has 134 valence electrons. The minimum absolute atomic E-state index is 0.457. The quantitative estimate of drug-likeness (QED) is 0.741. The molecule has 3 heterocycles. The Morgan fingerprint density at radius 1 is 1.15 bits per heavy atom. The SMILES string of the molecule is Cc1nnc2n1CC(NCc1ccc(OCc3cccnc3)cc1)CC2. The van der Waals surface area contributed by atoms with E-state index in [-0.39, 0.29) is 0 Å². The molecule has 1 aliphatic heterocycles. The summed E-state index contributed by atoms with van der Waals surface area (Å²) in [5.74, 6) is 2.98. The van der Waals surface area contributed by atoms with Crippen molar-refractivity contribution in [2.24, 2.45) is 0 Å². The highest BCUT2D eigenvalue weighted by atomic mass is 16.5. The molecule has 0 spiro atoms. The van der Waals surface area contributed by atoms with E-state index >= 15 is 0 Å². The summed E-state index contributed by atoms with van der Waals surface area (Å²) in [6, 6.07) is 12.7. The summed E-state index contributed by atoms with van der Waals surface area (Å²) in [4.78, 5) is 4.10. The normalized spacial score (nSPS) is 16.3. The molecule has 6 nitrogen and oxygen atoms in total. The van der Waals surface area contributed by atoms with E-state index in [0.29, 0.717) is 12.6 Å². The topological polar surface area (TPSA) is 64.9 Å². The molecule has 4 rings (SSSR count). The zero-order valence-corrected chi connectivity index (χ0v) is 14.9. The van der Waals surface area contributed by atoms with Crippen LogP contribution < -0.4 is 10.1 Å². The van der Waals surface area contributed by atoms with E-state index in [2.05, 4.69) is 37.2 Å². The number of nitrogens with one attached hydrogen (secondary N) is 1. The fraction of sp³-hybridized carbons (Fsp3) is 0.350. The van der Waals surface area contributed by atoms with Gasteiger partial charge in [0.1, 0.15) is 24.0 Å².